The van der Waals surface area contributed by atoms with Gasteiger partial charge in [0.05, 0.1) is 10.6 Å². The lowest BCUT2D eigenvalue weighted by molar-refractivity contribution is -0.136. The van der Waals surface area contributed by atoms with Gasteiger partial charge in [-0.15, -0.1) is 11.3 Å². The summed E-state index contributed by atoms with van der Waals surface area (Å²) in [7, 11) is 0. The Kier molecular flexibility index (Phi) is 5.70. The van der Waals surface area contributed by atoms with Gasteiger partial charge in [-0.05, 0) is 35.7 Å². The fourth-order valence-electron chi connectivity index (χ4n) is 3.55. The quantitative estimate of drug-likeness (QED) is 0.200. The van der Waals surface area contributed by atoms with Crippen LogP contribution >= 0.6 is 11.3 Å². The van der Waals surface area contributed by atoms with E-state index in [1.807, 2.05) is 78.3 Å². The first-order valence-corrected chi connectivity index (χ1v) is 11.2. The van der Waals surface area contributed by atoms with E-state index in [-0.39, 0.29) is 12.4 Å². The molecule has 0 amide bonds. The van der Waals surface area contributed by atoms with Crippen LogP contribution in [0.4, 0.5) is 0 Å². The second-order valence-corrected chi connectivity index (χ2v) is 8.25. The number of nitrogens with zero attached hydrogens (tertiary/aromatic N) is 2. The Morgan fingerprint density at radius 1 is 1.03 bits per heavy atom. The molecule has 0 atom stereocenters. The van der Waals surface area contributed by atoms with Crippen LogP contribution in [-0.4, -0.2) is 33.1 Å². The van der Waals surface area contributed by atoms with Gasteiger partial charge in [0.15, 0.2) is 6.61 Å². The summed E-state index contributed by atoms with van der Waals surface area (Å²) >= 11 is 1.57. The molecule has 0 fully saturated rings. The molecule has 0 saturated heterocycles. The third kappa shape index (κ3) is 4.40. The lowest BCUT2D eigenvalue weighted by atomic mass is 10.1. The van der Waals surface area contributed by atoms with Crippen molar-refractivity contribution in [1.29, 1.82) is 0 Å². The van der Waals surface area contributed by atoms with Gasteiger partial charge in [0, 0.05) is 40.5 Å². The summed E-state index contributed by atoms with van der Waals surface area (Å²) in [5, 5.41) is 7.49. The van der Waals surface area contributed by atoms with Crippen molar-refractivity contribution in [2.24, 2.45) is 0 Å². The van der Waals surface area contributed by atoms with Crippen molar-refractivity contribution in [2.45, 2.75) is 0 Å². The van der Waals surface area contributed by atoms with E-state index >= 15 is 0 Å². The Bertz CT molecular complexity index is 1450. The Balaban J connectivity index is 1.31. The van der Waals surface area contributed by atoms with Crippen LogP contribution in [0.3, 0.4) is 0 Å². The highest BCUT2D eigenvalue weighted by atomic mass is 32.1. The SMILES string of the molecule is O=C(C=Cc1cn(-c2ccccc2)nc1-c1cccs1)OCC(=O)c1c[nH]c2ccccc12. The van der Waals surface area contributed by atoms with Crippen LogP contribution in [0.25, 0.3) is 33.2 Å². The van der Waals surface area contributed by atoms with Crippen molar-refractivity contribution in [3.8, 4) is 16.3 Å². The normalized spacial score (nSPS) is 11.3. The number of carbonyl (C=O) groups is 2. The summed E-state index contributed by atoms with van der Waals surface area (Å²) in [6.07, 6.45) is 6.50. The van der Waals surface area contributed by atoms with Gasteiger partial charge in [0.1, 0.15) is 5.69 Å². The summed E-state index contributed by atoms with van der Waals surface area (Å²) in [4.78, 5) is 28.9. The molecule has 33 heavy (non-hydrogen) atoms. The van der Waals surface area contributed by atoms with Crippen molar-refractivity contribution >= 4 is 40.1 Å². The largest absolute Gasteiger partial charge is 0.454 e. The fourth-order valence-corrected chi connectivity index (χ4v) is 4.28. The number of thiophene rings is 1. The number of fused-ring (bicyclic) bond motifs is 1. The number of Topliss-reactive ketones (excluding diaryl/α,β-unsaturated/α-hetero) is 1. The zero-order valence-corrected chi connectivity index (χ0v) is 18.3. The smallest absolute Gasteiger partial charge is 0.331 e. The number of nitrogens with one attached hydrogen (secondary N) is 1. The second-order valence-electron chi connectivity index (χ2n) is 7.30. The molecule has 1 N–H and O–H groups in total. The molecule has 0 unspecified atom stereocenters. The average molecular weight is 454 g/mol. The number of hydrogen-bond acceptors (Lipinski definition) is 5. The number of ether oxygens (including phenoxy) is 1. The van der Waals surface area contributed by atoms with Gasteiger partial charge in [-0.25, -0.2) is 9.48 Å². The van der Waals surface area contributed by atoms with Crippen LogP contribution in [0.5, 0.6) is 0 Å². The number of benzene rings is 2. The molecule has 0 aliphatic heterocycles. The number of carbonyl (C=O) groups excluding carboxylic acids is 2. The van der Waals surface area contributed by atoms with Gasteiger partial charge >= 0.3 is 5.97 Å². The van der Waals surface area contributed by atoms with Gasteiger partial charge in [-0.1, -0.05) is 42.5 Å². The molecule has 0 aliphatic carbocycles. The first-order valence-electron chi connectivity index (χ1n) is 10.3. The van der Waals surface area contributed by atoms with Crippen LogP contribution in [0, 0.1) is 0 Å². The topological polar surface area (TPSA) is 77.0 Å². The van der Waals surface area contributed by atoms with E-state index in [0.29, 0.717) is 5.56 Å². The summed E-state index contributed by atoms with van der Waals surface area (Å²) < 4.78 is 6.98. The van der Waals surface area contributed by atoms with Gasteiger partial charge in [-0.2, -0.15) is 5.10 Å². The van der Waals surface area contributed by atoms with Crippen molar-refractivity contribution in [3.05, 3.63) is 102 Å². The number of aromatic nitrogens is 3. The maximum absolute atomic E-state index is 12.5. The lowest BCUT2D eigenvalue weighted by Crippen LogP contribution is -2.12. The molecular weight excluding hydrogens is 434 g/mol. The van der Waals surface area contributed by atoms with Crippen LogP contribution in [0.1, 0.15) is 15.9 Å². The van der Waals surface area contributed by atoms with Gasteiger partial charge in [0.25, 0.3) is 0 Å². The Labute approximate surface area is 193 Å². The Hall–Kier alpha value is -4.23. The number of H-pyrrole nitrogens is 1. The Morgan fingerprint density at radius 3 is 2.67 bits per heavy atom. The molecule has 0 aliphatic rings. The maximum Gasteiger partial charge on any atom is 0.331 e. The summed E-state index contributed by atoms with van der Waals surface area (Å²) in [5.74, 6) is -0.849. The highest BCUT2D eigenvalue weighted by Crippen LogP contribution is 2.28. The first-order chi connectivity index (χ1) is 16.2. The molecule has 3 aromatic heterocycles. The van der Waals surface area contributed by atoms with E-state index in [4.69, 9.17) is 9.84 Å². The van der Waals surface area contributed by atoms with Crippen molar-refractivity contribution in [1.82, 2.24) is 14.8 Å². The van der Waals surface area contributed by atoms with Gasteiger partial charge < -0.3 is 9.72 Å². The van der Waals surface area contributed by atoms with E-state index in [1.165, 1.54) is 6.08 Å². The molecule has 5 rings (SSSR count). The number of hydrogen-bond donors (Lipinski definition) is 1. The van der Waals surface area contributed by atoms with Crippen LogP contribution in [0.15, 0.2) is 90.6 Å². The monoisotopic (exact) mass is 453 g/mol. The second kappa shape index (κ2) is 9.10. The molecule has 3 heterocycles. The molecule has 0 bridgehead atoms. The van der Waals surface area contributed by atoms with E-state index in [0.717, 1.165) is 32.7 Å². The van der Waals surface area contributed by atoms with Crippen molar-refractivity contribution < 1.29 is 14.3 Å². The zero-order chi connectivity index (χ0) is 22.6. The van der Waals surface area contributed by atoms with E-state index in [1.54, 1.807) is 28.3 Å². The summed E-state index contributed by atoms with van der Waals surface area (Å²) in [5.41, 5.74) is 3.84. The average Bonchev–Trinajstić information content (AvgIpc) is 3.61. The number of aromatic amines is 1. The highest BCUT2D eigenvalue weighted by molar-refractivity contribution is 7.13. The van der Waals surface area contributed by atoms with Gasteiger partial charge in [-0.3, -0.25) is 4.79 Å². The molecular formula is C26H19N3O3S. The van der Waals surface area contributed by atoms with E-state index in [9.17, 15) is 9.59 Å². The molecule has 0 radical (unpaired) electrons. The molecule has 7 heteroatoms. The number of rotatable bonds is 7. The highest BCUT2D eigenvalue weighted by Gasteiger charge is 2.14. The lowest BCUT2D eigenvalue weighted by Gasteiger charge is -2.01. The van der Waals surface area contributed by atoms with Crippen LogP contribution in [0.2, 0.25) is 0 Å². The molecule has 5 aromatic rings. The molecule has 162 valence electrons. The van der Waals surface area contributed by atoms with E-state index in [2.05, 4.69) is 4.98 Å². The molecule has 0 spiro atoms. The van der Waals surface area contributed by atoms with Crippen molar-refractivity contribution in [2.75, 3.05) is 6.61 Å². The number of para-hydroxylation sites is 2. The third-order valence-corrected chi connectivity index (χ3v) is 6.03. The first kappa shape index (κ1) is 20.7. The van der Waals surface area contributed by atoms with E-state index < -0.39 is 5.97 Å². The van der Waals surface area contributed by atoms with Crippen molar-refractivity contribution in [3.63, 3.8) is 0 Å². The molecule has 6 nitrogen and oxygen atoms in total. The number of esters is 1. The predicted molar refractivity (Wildman–Crippen MR) is 129 cm³/mol. The maximum atomic E-state index is 12.5. The summed E-state index contributed by atoms with van der Waals surface area (Å²) in [6.45, 7) is -0.327. The zero-order valence-electron chi connectivity index (χ0n) is 17.5. The minimum Gasteiger partial charge on any atom is -0.454 e. The minimum absolute atomic E-state index is 0.259. The molecule has 2 aromatic carbocycles. The van der Waals surface area contributed by atoms with Gasteiger partial charge in [0.2, 0.25) is 5.78 Å². The van der Waals surface area contributed by atoms with Crippen LogP contribution in [-0.2, 0) is 9.53 Å². The predicted octanol–water partition coefficient (Wildman–Crippen LogP) is 5.52. The summed E-state index contributed by atoms with van der Waals surface area (Å²) in [6, 6.07) is 21.2. The molecule has 0 saturated carbocycles. The Morgan fingerprint density at radius 2 is 1.85 bits per heavy atom. The van der Waals surface area contributed by atoms with Crippen LogP contribution < -0.4 is 0 Å². The fraction of sp³-hybridized carbons (Fsp3) is 0.0385. The third-order valence-electron chi connectivity index (χ3n) is 5.15. The standard InChI is InChI=1S/C26H19N3O3S/c30-23(21-15-27-22-10-5-4-9-20(21)22)17-32-25(31)13-12-18-16-29(19-7-2-1-3-8-19)28-26(18)24-11-6-14-33-24/h1-16,27H,17H2. The number of ketones is 1. The minimum atomic E-state index is -0.590.